The fourth-order valence-corrected chi connectivity index (χ4v) is 7.39. The third-order valence-corrected chi connectivity index (χ3v) is 9.52. The lowest BCUT2D eigenvalue weighted by atomic mass is 9.66. The summed E-state index contributed by atoms with van der Waals surface area (Å²) in [5.74, 6) is -3.40. The predicted molar refractivity (Wildman–Crippen MR) is 126 cm³/mol. The van der Waals surface area contributed by atoms with E-state index in [4.69, 9.17) is 0 Å². The van der Waals surface area contributed by atoms with Crippen LogP contribution in [0.25, 0.3) is 0 Å². The molecule has 3 aliphatic carbocycles. The number of nitrogens with zero attached hydrogens (tertiary/aromatic N) is 2. The number of fused-ring (bicyclic) bond motifs is 4. The Morgan fingerprint density at radius 3 is 2.41 bits per heavy atom. The molecular weight excluding hydrogens is 487 g/mol. The van der Waals surface area contributed by atoms with Gasteiger partial charge in [-0.2, -0.15) is 0 Å². The van der Waals surface area contributed by atoms with Crippen LogP contribution < -0.4 is 10.7 Å². The highest BCUT2D eigenvalue weighted by atomic mass is 19.1. The summed E-state index contributed by atoms with van der Waals surface area (Å²) in [4.78, 5) is 40.6. The van der Waals surface area contributed by atoms with E-state index in [1.54, 1.807) is 16.5 Å². The molecule has 2 aromatic rings. The first kappa shape index (κ1) is 24.1. The molecule has 196 valence electrons. The number of carbonyl (C=O) groups excluding carboxylic acids is 2. The molecule has 1 spiro atoms. The second kappa shape index (κ2) is 8.10. The van der Waals surface area contributed by atoms with Crippen molar-refractivity contribution in [2.24, 2.45) is 23.2 Å². The van der Waals surface area contributed by atoms with E-state index in [-0.39, 0.29) is 23.2 Å². The summed E-state index contributed by atoms with van der Waals surface area (Å²) in [7, 11) is 1.69. The van der Waals surface area contributed by atoms with Crippen molar-refractivity contribution in [1.29, 1.82) is 0 Å². The largest absolute Gasteiger partial charge is 0.503 e. The fraction of sp³-hybridized carbons (Fsp3) is 0.519. The minimum absolute atomic E-state index is 0.137. The zero-order valence-corrected chi connectivity index (χ0v) is 20.6. The van der Waals surface area contributed by atoms with Crippen LogP contribution in [0.1, 0.15) is 71.5 Å². The number of aromatic nitrogens is 1. The molecule has 7 nitrogen and oxygen atoms in total. The molecular formula is C27H28F3N3O4. The van der Waals surface area contributed by atoms with Crippen molar-refractivity contribution >= 4 is 11.8 Å². The average Bonchev–Trinajstić information content (AvgIpc) is 3.25. The number of rotatable bonds is 3. The Morgan fingerprint density at radius 2 is 1.76 bits per heavy atom. The lowest BCUT2D eigenvalue weighted by Crippen LogP contribution is -2.54. The number of carbonyl (C=O) groups is 2. The highest BCUT2D eigenvalue weighted by molar-refractivity contribution is 5.99. The van der Waals surface area contributed by atoms with E-state index in [1.807, 2.05) is 0 Å². The van der Waals surface area contributed by atoms with E-state index in [0.717, 1.165) is 49.9 Å². The molecule has 0 bridgehead atoms. The highest BCUT2D eigenvalue weighted by Crippen LogP contribution is 2.68. The number of benzene rings is 1. The smallest absolute Gasteiger partial charge is 0.274 e. The Balaban J connectivity index is 1.30. The van der Waals surface area contributed by atoms with Gasteiger partial charge in [0.2, 0.25) is 5.43 Å². The maximum atomic E-state index is 14.0. The summed E-state index contributed by atoms with van der Waals surface area (Å²) in [6.45, 7) is 1.67. The third-order valence-electron chi connectivity index (χ3n) is 9.52. The molecule has 37 heavy (non-hydrogen) atoms. The zero-order chi connectivity index (χ0) is 26.4. The van der Waals surface area contributed by atoms with Gasteiger partial charge in [0.25, 0.3) is 11.8 Å². The summed E-state index contributed by atoms with van der Waals surface area (Å²) in [5.41, 5.74) is -1.99. The number of halogens is 3. The van der Waals surface area contributed by atoms with Gasteiger partial charge >= 0.3 is 0 Å². The Kier molecular flexibility index (Phi) is 5.27. The number of aromatic hydroxyl groups is 1. The van der Waals surface area contributed by atoms with Gasteiger partial charge < -0.3 is 19.9 Å². The number of likely N-dealkylation sites (N-methyl/N-ethyl adjacent to an activating group) is 1. The first-order chi connectivity index (χ1) is 17.5. The van der Waals surface area contributed by atoms with Crippen molar-refractivity contribution < 1.29 is 27.9 Å². The van der Waals surface area contributed by atoms with E-state index < -0.39 is 58.1 Å². The second-order valence-electron chi connectivity index (χ2n) is 11.4. The van der Waals surface area contributed by atoms with Crippen LogP contribution in [-0.2, 0) is 6.54 Å². The summed E-state index contributed by atoms with van der Waals surface area (Å²) in [5, 5.41) is 13.0. The van der Waals surface area contributed by atoms with Crippen LogP contribution >= 0.6 is 0 Å². The van der Waals surface area contributed by atoms with E-state index in [1.165, 1.54) is 6.20 Å². The van der Waals surface area contributed by atoms with Crippen molar-refractivity contribution in [2.75, 3.05) is 7.05 Å². The molecule has 0 saturated heterocycles. The quantitative estimate of drug-likeness (QED) is 0.652. The first-order valence-corrected chi connectivity index (χ1v) is 12.7. The SMILES string of the molecule is C[C@H]1[C@H]2CC3(CC[C@H]4[C@@H](C3)N(C)C(=O)c3c(O)c(=O)c(C(=O)NCc5c(F)cc(F)cc5F)cn34)C[C@@H]12. The normalized spacial score (nSPS) is 31.6. The molecule has 1 aromatic carbocycles. The van der Waals surface area contributed by atoms with E-state index in [0.29, 0.717) is 12.1 Å². The van der Waals surface area contributed by atoms with Crippen molar-refractivity contribution in [3.8, 4) is 5.75 Å². The van der Waals surface area contributed by atoms with Gasteiger partial charge in [0.1, 0.15) is 23.0 Å². The minimum Gasteiger partial charge on any atom is -0.503 e. The maximum Gasteiger partial charge on any atom is 0.274 e. The molecule has 2 amide bonds. The molecule has 3 fully saturated rings. The van der Waals surface area contributed by atoms with Gasteiger partial charge in [-0.1, -0.05) is 6.92 Å². The van der Waals surface area contributed by atoms with E-state index in [2.05, 4.69) is 12.2 Å². The van der Waals surface area contributed by atoms with E-state index >= 15 is 0 Å². The van der Waals surface area contributed by atoms with Gasteiger partial charge in [0.05, 0.1) is 12.1 Å². The number of hydrogen-bond donors (Lipinski definition) is 2. The molecule has 2 heterocycles. The third kappa shape index (κ3) is 3.59. The summed E-state index contributed by atoms with van der Waals surface area (Å²) in [6, 6.07) is 0.637. The molecule has 1 unspecified atom stereocenters. The monoisotopic (exact) mass is 515 g/mol. The molecule has 1 aliphatic heterocycles. The number of hydrogen-bond acceptors (Lipinski definition) is 4. The lowest BCUT2D eigenvalue weighted by molar-refractivity contribution is 0.0204. The molecule has 0 radical (unpaired) electrons. The molecule has 6 atom stereocenters. The van der Waals surface area contributed by atoms with Crippen LogP contribution in [0, 0.1) is 40.6 Å². The number of pyridine rings is 1. The van der Waals surface area contributed by atoms with Crippen LogP contribution in [0.3, 0.4) is 0 Å². The average molecular weight is 516 g/mol. The van der Waals surface area contributed by atoms with Crippen LogP contribution in [0.15, 0.2) is 23.1 Å². The van der Waals surface area contributed by atoms with Crippen LogP contribution in [0.2, 0.25) is 0 Å². The van der Waals surface area contributed by atoms with Crippen molar-refractivity contribution in [2.45, 2.75) is 57.7 Å². The zero-order valence-electron chi connectivity index (χ0n) is 20.6. The van der Waals surface area contributed by atoms with Crippen LogP contribution in [0.4, 0.5) is 13.2 Å². The maximum absolute atomic E-state index is 14.0. The molecule has 1 aromatic heterocycles. The topological polar surface area (TPSA) is 91.6 Å². The van der Waals surface area contributed by atoms with Gasteiger partial charge in [-0.05, 0) is 55.3 Å². The van der Waals surface area contributed by atoms with Gasteiger partial charge in [-0.25, -0.2) is 13.2 Å². The number of nitrogens with one attached hydrogen (secondary N) is 1. The predicted octanol–water partition coefficient (Wildman–Crippen LogP) is 3.74. The van der Waals surface area contributed by atoms with Crippen molar-refractivity contribution in [1.82, 2.24) is 14.8 Å². The number of amides is 2. The summed E-state index contributed by atoms with van der Waals surface area (Å²) in [6.07, 6.45) is 6.13. The van der Waals surface area contributed by atoms with Crippen molar-refractivity contribution in [3.63, 3.8) is 0 Å². The minimum atomic E-state index is -1.17. The Morgan fingerprint density at radius 1 is 1.11 bits per heavy atom. The summed E-state index contributed by atoms with van der Waals surface area (Å²) < 4.78 is 42.7. The molecule has 4 aliphatic rings. The molecule has 3 saturated carbocycles. The second-order valence-corrected chi connectivity index (χ2v) is 11.4. The standard InChI is InChI=1S/C27H28F3N3O4/c1-12-14-7-27(8-15(12)14)4-3-20-21(9-27)32(2)26(37)22-24(35)23(34)17(11-33(20)22)25(36)31-10-16-18(29)5-13(28)6-19(16)30/h5-6,11-12,14-15,20-21,35H,3-4,7-10H2,1-2H3,(H,31,36)/t12-,14+,15-,20-,21+,27?/m0/s1. The Labute approximate surface area is 211 Å². The highest BCUT2D eigenvalue weighted by Gasteiger charge is 2.61. The lowest BCUT2D eigenvalue weighted by Gasteiger charge is -2.50. The summed E-state index contributed by atoms with van der Waals surface area (Å²) >= 11 is 0. The van der Waals surface area contributed by atoms with Gasteiger partial charge in [0, 0.05) is 37.5 Å². The molecule has 6 rings (SSSR count). The molecule has 10 heteroatoms. The Hall–Kier alpha value is -3.30. The molecule has 2 N–H and O–H groups in total. The van der Waals surface area contributed by atoms with Gasteiger partial charge in [-0.15, -0.1) is 0 Å². The van der Waals surface area contributed by atoms with Crippen LogP contribution in [-0.4, -0.2) is 39.5 Å². The fourth-order valence-electron chi connectivity index (χ4n) is 7.39. The van der Waals surface area contributed by atoms with Gasteiger partial charge in [-0.3, -0.25) is 14.4 Å². The first-order valence-electron chi connectivity index (χ1n) is 12.7. The van der Waals surface area contributed by atoms with E-state index in [9.17, 15) is 32.7 Å². The van der Waals surface area contributed by atoms with Crippen molar-refractivity contribution in [3.05, 3.63) is 62.8 Å². The van der Waals surface area contributed by atoms with Crippen LogP contribution in [0.5, 0.6) is 5.75 Å². The Bertz CT molecular complexity index is 1370. The van der Waals surface area contributed by atoms with Gasteiger partial charge in [0.15, 0.2) is 11.4 Å².